The number of aryl methyl sites for hydroxylation is 1. The largest absolute Gasteiger partial charge is 0.481 e. The number of nitrogens with zero attached hydrogens (tertiary/aromatic N) is 2. The van der Waals surface area contributed by atoms with Gasteiger partial charge in [-0.2, -0.15) is 4.98 Å². The van der Waals surface area contributed by atoms with Crippen molar-refractivity contribution in [3.8, 4) is 5.88 Å². The van der Waals surface area contributed by atoms with Crippen molar-refractivity contribution in [1.82, 2.24) is 9.97 Å². The number of allylic oxidation sites excluding steroid dienone is 1. The minimum Gasteiger partial charge on any atom is -0.481 e. The number of ether oxygens (including phenoxy) is 1. The minimum atomic E-state index is 0.594. The van der Waals surface area contributed by atoms with E-state index < -0.39 is 0 Å². The van der Waals surface area contributed by atoms with Crippen LogP contribution in [0.15, 0.2) is 18.2 Å². The second kappa shape index (κ2) is 6.01. The van der Waals surface area contributed by atoms with Gasteiger partial charge in [-0.25, -0.2) is 4.98 Å². The summed E-state index contributed by atoms with van der Waals surface area (Å²) < 4.78 is 5.06. The van der Waals surface area contributed by atoms with E-state index in [-0.39, 0.29) is 0 Å². The van der Waals surface area contributed by atoms with Crippen molar-refractivity contribution in [1.29, 1.82) is 0 Å². The van der Waals surface area contributed by atoms with Crippen molar-refractivity contribution in [2.24, 2.45) is 0 Å². The Morgan fingerprint density at radius 3 is 2.93 bits per heavy atom. The van der Waals surface area contributed by atoms with E-state index >= 15 is 0 Å². The highest BCUT2D eigenvalue weighted by Crippen LogP contribution is 2.10. The zero-order valence-electron chi connectivity index (χ0n) is 9.45. The topological polar surface area (TPSA) is 47.0 Å². The normalized spacial score (nSPS) is 10.6. The van der Waals surface area contributed by atoms with E-state index in [1.54, 1.807) is 13.2 Å². The number of anilines is 1. The molecule has 15 heavy (non-hydrogen) atoms. The summed E-state index contributed by atoms with van der Waals surface area (Å²) >= 11 is 0. The molecule has 1 rings (SSSR count). The van der Waals surface area contributed by atoms with E-state index in [1.165, 1.54) is 0 Å². The van der Waals surface area contributed by atoms with Crippen LogP contribution < -0.4 is 10.1 Å². The highest BCUT2D eigenvalue weighted by molar-refractivity contribution is 5.30. The zero-order chi connectivity index (χ0) is 11.1. The SMILES string of the molecule is C/C=C/CCNc1nc(C)cc(OC)n1. The molecular weight excluding hydrogens is 190 g/mol. The molecule has 0 aliphatic rings. The van der Waals surface area contributed by atoms with E-state index in [2.05, 4.69) is 21.4 Å². The van der Waals surface area contributed by atoms with E-state index in [1.807, 2.05) is 19.9 Å². The van der Waals surface area contributed by atoms with Gasteiger partial charge in [-0.15, -0.1) is 0 Å². The molecule has 4 nitrogen and oxygen atoms in total. The van der Waals surface area contributed by atoms with Crippen LogP contribution in [-0.4, -0.2) is 23.6 Å². The maximum atomic E-state index is 5.06. The fraction of sp³-hybridized carbons (Fsp3) is 0.455. The quantitative estimate of drug-likeness (QED) is 0.593. The van der Waals surface area contributed by atoms with Crippen LogP contribution in [-0.2, 0) is 0 Å². The Hall–Kier alpha value is -1.58. The van der Waals surface area contributed by atoms with Gasteiger partial charge in [-0.3, -0.25) is 0 Å². The second-order valence-corrected chi connectivity index (χ2v) is 3.16. The lowest BCUT2D eigenvalue weighted by atomic mass is 10.4. The first-order valence-corrected chi connectivity index (χ1v) is 5.01. The molecule has 0 atom stereocenters. The van der Waals surface area contributed by atoms with Gasteiger partial charge in [0.05, 0.1) is 7.11 Å². The monoisotopic (exact) mass is 207 g/mol. The molecular formula is C11H17N3O. The van der Waals surface area contributed by atoms with Crippen LogP contribution in [0.25, 0.3) is 0 Å². The van der Waals surface area contributed by atoms with E-state index in [0.29, 0.717) is 11.8 Å². The molecule has 0 radical (unpaired) electrons. The molecule has 0 aromatic carbocycles. The molecule has 0 amide bonds. The van der Waals surface area contributed by atoms with Gasteiger partial charge in [0, 0.05) is 18.3 Å². The Kier molecular flexibility index (Phi) is 4.60. The molecule has 0 aliphatic heterocycles. The van der Waals surface area contributed by atoms with Crippen molar-refractivity contribution >= 4 is 5.95 Å². The summed E-state index contributed by atoms with van der Waals surface area (Å²) in [4.78, 5) is 8.43. The number of aromatic nitrogens is 2. The first-order valence-electron chi connectivity index (χ1n) is 5.01. The number of rotatable bonds is 5. The molecule has 1 aromatic rings. The van der Waals surface area contributed by atoms with Crippen LogP contribution in [0, 0.1) is 6.92 Å². The average Bonchev–Trinajstić information content (AvgIpc) is 2.23. The van der Waals surface area contributed by atoms with Gasteiger partial charge in [0.1, 0.15) is 0 Å². The first kappa shape index (κ1) is 11.5. The summed E-state index contributed by atoms with van der Waals surface area (Å²) in [7, 11) is 1.60. The third-order valence-corrected chi connectivity index (χ3v) is 1.87. The Labute approximate surface area is 90.4 Å². The average molecular weight is 207 g/mol. The lowest BCUT2D eigenvalue weighted by molar-refractivity contribution is 0.397. The molecule has 82 valence electrons. The molecule has 0 fully saturated rings. The van der Waals surface area contributed by atoms with E-state index in [4.69, 9.17) is 4.74 Å². The van der Waals surface area contributed by atoms with Gasteiger partial charge >= 0.3 is 0 Å². The molecule has 0 saturated carbocycles. The van der Waals surface area contributed by atoms with Crippen LogP contribution >= 0.6 is 0 Å². The third kappa shape index (κ3) is 3.97. The Bertz CT molecular complexity index is 337. The lowest BCUT2D eigenvalue weighted by Crippen LogP contribution is -2.06. The predicted molar refractivity (Wildman–Crippen MR) is 61.2 cm³/mol. The Morgan fingerprint density at radius 2 is 2.27 bits per heavy atom. The molecule has 4 heteroatoms. The number of hydrogen-bond acceptors (Lipinski definition) is 4. The van der Waals surface area contributed by atoms with Gasteiger partial charge in [-0.1, -0.05) is 12.2 Å². The molecule has 0 aliphatic carbocycles. The molecule has 0 spiro atoms. The maximum absolute atomic E-state index is 5.06. The Balaban J connectivity index is 2.56. The van der Waals surface area contributed by atoms with Crippen molar-refractivity contribution in [2.75, 3.05) is 19.0 Å². The van der Waals surface area contributed by atoms with Crippen molar-refractivity contribution < 1.29 is 4.74 Å². The summed E-state index contributed by atoms with van der Waals surface area (Å²) in [6.07, 6.45) is 5.09. The van der Waals surface area contributed by atoms with Gasteiger partial charge in [-0.05, 0) is 20.3 Å². The number of hydrogen-bond donors (Lipinski definition) is 1. The molecule has 0 unspecified atom stereocenters. The van der Waals surface area contributed by atoms with Crippen LogP contribution in [0.5, 0.6) is 5.88 Å². The first-order chi connectivity index (χ1) is 7.26. The highest BCUT2D eigenvalue weighted by Gasteiger charge is 2.00. The third-order valence-electron chi connectivity index (χ3n) is 1.87. The standard InChI is InChI=1S/C11H17N3O/c1-4-5-6-7-12-11-13-9(2)8-10(14-11)15-3/h4-5,8H,6-7H2,1-3H3,(H,12,13,14)/b5-4+. The van der Waals surface area contributed by atoms with Crippen molar-refractivity contribution in [3.05, 3.63) is 23.9 Å². The van der Waals surface area contributed by atoms with Crippen LogP contribution in [0.2, 0.25) is 0 Å². The van der Waals surface area contributed by atoms with Crippen LogP contribution in [0.1, 0.15) is 19.0 Å². The predicted octanol–water partition coefficient (Wildman–Crippen LogP) is 2.17. The van der Waals surface area contributed by atoms with Gasteiger partial charge in [0.2, 0.25) is 11.8 Å². The van der Waals surface area contributed by atoms with Crippen LogP contribution in [0.4, 0.5) is 5.95 Å². The summed E-state index contributed by atoms with van der Waals surface area (Å²) in [5, 5.41) is 3.14. The van der Waals surface area contributed by atoms with E-state index in [9.17, 15) is 0 Å². The lowest BCUT2D eigenvalue weighted by Gasteiger charge is -2.05. The van der Waals surface area contributed by atoms with Gasteiger partial charge in [0.25, 0.3) is 0 Å². The second-order valence-electron chi connectivity index (χ2n) is 3.16. The van der Waals surface area contributed by atoms with Crippen molar-refractivity contribution in [3.63, 3.8) is 0 Å². The Morgan fingerprint density at radius 1 is 1.47 bits per heavy atom. The molecule has 1 heterocycles. The zero-order valence-corrected chi connectivity index (χ0v) is 9.45. The van der Waals surface area contributed by atoms with Gasteiger partial charge in [0.15, 0.2) is 0 Å². The smallest absolute Gasteiger partial charge is 0.226 e. The molecule has 0 bridgehead atoms. The summed E-state index contributed by atoms with van der Waals surface area (Å²) in [6, 6.07) is 1.80. The minimum absolute atomic E-state index is 0.594. The molecule has 0 saturated heterocycles. The number of nitrogens with one attached hydrogen (secondary N) is 1. The van der Waals surface area contributed by atoms with Crippen molar-refractivity contribution in [2.45, 2.75) is 20.3 Å². The highest BCUT2D eigenvalue weighted by atomic mass is 16.5. The van der Waals surface area contributed by atoms with Gasteiger partial charge < -0.3 is 10.1 Å². The molecule has 1 aromatic heterocycles. The summed E-state index contributed by atoms with van der Waals surface area (Å²) in [6.45, 7) is 4.75. The summed E-state index contributed by atoms with van der Waals surface area (Å²) in [5.41, 5.74) is 0.899. The number of methoxy groups -OCH3 is 1. The van der Waals surface area contributed by atoms with E-state index in [0.717, 1.165) is 18.7 Å². The molecule has 1 N–H and O–H groups in total. The van der Waals surface area contributed by atoms with Crippen LogP contribution in [0.3, 0.4) is 0 Å². The summed E-state index contributed by atoms with van der Waals surface area (Å²) in [5.74, 6) is 1.22. The maximum Gasteiger partial charge on any atom is 0.226 e. The fourth-order valence-corrected chi connectivity index (χ4v) is 1.16. The fourth-order valence-electron chi connectivity index (χ4n) is 1.16.